The predicted octanol–water partition coefficient (Wildman–Crippen LogP) is 2.33. The van der Waals surface area contributed by atoms with Crippen LogP contribution in [0.1, 0.15) is 11.6 Å². The van der Waals surface area contributed by atoms with Crippen LogP contribution in [0, 0.1) is 0 Å². The van der Waals surface area contributed by atoms with Gasteiger partial charge in [-0.25, -0.2) is 15.0 Å². The Balaban J connectivity index is 1.81. The molecule has 1 saturated heterocycles. The first-order valence-corrected chi connectivity index (χ1v) is 7.45. The van der Waals surface area contributed by atoms with Crippen molar-refractivity contribution in [2.75, 3.05) is 19.8 Å². The minimum Gasteiger partial charge on any atom is -0.378 e. The molecule has 1 fully saturated rings. The molecule has 1 aliphatic rings. The first kappa shape index (κ1) is 13.6. The van der Waals surface area contributed by atoms with Gasteiger partial charge in [0.1, 0.15) is 11.8 Å². The van der Waals surface area contributed by atoms with Crippen LogP contribution in [-0.2, 0) is 4.74 Å². The Labute approximate surface area is 131 Å². The fraction of sp³-hybridized carbons (Fsp3) is 0.267. The lowest BCUT2D eigenvalue weighted by atomic mass is 10.0. The van der Waals surface area contributed by atoms with Crippen LogP contribution in [0.2, 0.25) is 5.02 Å². The Bertz CT molecular complexity index is 813. The first-order valence-electron chi connectivity index (χ1n) is 7.07. The van der Waals surface area contributed by atoms with Crippen molar-refractivity contribution in [3.8, 4) is 11.3 Å². The molecule has 112 valence electrons. The molecule has 0 saturated carbocycles. The van der Waals surface area contributed by atoms with E-state index in [4.69, 9.17) is 16.3 Å². The van der Waals surface area contributed by atoms with E-state index in [1.165, 1.54) is 6.33 Å². The molecule has 1 atom stereocenters. The first-order chi connectivity index (χ1) is 10.8. The Hall–Kier alpha value is -2.02. The molecular weight excluding hydrogens is 302 g/mol. The summed E-state index contributed by atoms with van der Waals surface area (Å²) >= 11 is 6.31. The SMILES string of the molecule is Clc1cc(-c2ncnc3nc[nH]c23)cc(C2COCCN2)c1. The van der Waals surface area contributed by atoms with Crippen molar-refractivity contribution in [2.45, 2.75) is 6.04 Å². The highest BCUT2D eigenvalue weighted by Crippen LogP contribution is 2.29. The monoisotopic (exact) mass is 315 g/mol. The molecule has 0 radical (unpaired) electrons. The Kier molecular flexibility index (Phi) is 3.49. The molecule has 2 aromatic heterocycles. The van der Waals surface area contributed by atoms with Gasteiger partial charge in [-0.1, -0.05) is 11.6 Å². The van der Waals surface area contributed by atoms with Crippen LogP contribution in [-0.4, -0.2) is 39.7 Å². The largest absolute Gasteiger partial charge is 0.378 e. The number of aromatic nitrogens is 4. The number of ether oxygens (including phenoxy) is 1. The molecule has 1 aromatic carbocycles. The second kappa shape index (κ2) is 5.64. The van der Waals surface area contributed by atoms with Crippen molar-refractivity contribution < 1.29 is 4.74 Å². The molecule has 0 amide bonds. The summed E-state index contributed by atoms with van der Waals surface area (Å²) in [5, 5.41) is 4.11. The van der Waals surface area contributed by atoms with E-state index in [0.29, 0.717) is 17.3 Å². The van der Waals surface area contributed by atoms with Crippen molar-refractivity contribution in [1.29, 1.82) is 0 Å². The van der Waals surface area contributed by atoms with Crippen LogP contribution in [0.15, 0.2) is 30.9 Å². The van der Waals surface area contributed by atoms with Gasteiger partial charge in [-0.05, 0) is 23.8 Å². The highest BCUT2D eigenvalue weighted by molar-refractivity contribution is 6.31. The zero-order valence-electron chi connectivity index (χ0n) is 11.7. The number of halogens is 1. The number of fused-ring (bicyclic) bond motifs is 1. The standard InChI is InChI=1S/C15H14ClN5O/c16-11-4-9(12-6-22-2-1-17-12)3-10(5-11)13-14-15(20-7-18-13)21-8-19-14/h3-5,7-8,12,17H,1-2,6H2,(H,18,19,20,21). The third-order valence-electron chi connectivity index (χ3n) is 3.74. The second-order valence-electron chi connectivity index (χ2n) is 5.18. The van der Waals surface area contributed by atoms with Crippen molar-refractivity contribution in [1.82, 2.24) is 25.3 Å². The quantitative estimate of drug-likeness (QED) is 0.759. The number of H-pyrrole nitrogens is 1. The number of aromatic amines is 1. The molecule has 1 unspecified atom stereocenters. The zero-order valence-corrected chi connectivity index (χ0v) is 12.5. The molecule has 0 aliphatic carbocycles. The summed E-state index contributed by atoms with van der Waals surface area (Å²) in [5.74, 6) is 0. The number of rotatable bonds is 2. The molecule has 2 N–H and O–H groups in total. The van der Waals surface area contributed by atoms with E-state index in [9.17, 15) is 0 Å². The average molecular weight is 316 g/mol. The van der Waals surface area contributed by atoms with Crippen molar-refractivity contribution in [3.05, 3.63) is 41.4 Å². The molecule has 1 aliphatic heterocycles. The minimum absolute atomic E-state index is 0.144. The summed E-state index contributed by atoms with van der Waals surface area (Å²) in [6.45, 7) is 2.22. The molecule has 3 heterocycles. The van der Waals surface area contributed by atoms with Gasteiger partial charge in [0.25, 0.3) is 0 Å². The maximum Gasteiger partial charge on any atom is 0.181 e. The normalized spacial score (nSPS) is 18.7. The number of benzene rings is 1. The number of hydrogen-bond donors (Lipinski definition) is 2. The molecule has 4 rings (SSSR count). The van der Waals surface area contributed by atoms with Gasteiger partial charge in [-0.15, -0.1) is 0 Å². The molecule has 6 nitrogen and oxygen atoms in total. The second-order valence-corrected chi connectivity index (χ2v) is 5.61. The van der Waals surface area contributed by atoms with Crippen LogP contribution < -0.4 is 5.32 Å². The number of hydrogen-bond acceptors (Lipinski definition) is 5. The van der Waals surface area contributed by atoms with E-state index < -0.39 is 0 Å². The van der Waals surface area contributed by atoms with E-state index in [2.05, 4.69) is 31.3 Å². The molecular formula is C15H14ClN5O. The number of imidazole rings is 1. The maximum atomic E-state index is 6.31. The summed E-state index contributed by atoms with van der Waals surface area (Å²) in [6.07, 6.45) is 3.13. The van der Waals surface area contributed by atoms with Gasteiger partial charge >= 0.3 is 0 Å². The van der Waals surface area contributed by atoms with E-state index in [0.717, 1.165) is 35.5 Å². The average Bonchev–Trinajstić information content (AvgIpc) is 3.03. The summed E-state index contributed by atoms with van der Waals surface area (Å²) in [5.41, 5.74) is 4.28. The molecule has 3 aromatic rings. The van der Waals surface area contributed by atoms with Gasteiger partial charge in [0.2, 0.25) is 0 Å². The molecule has 0 bridgehead atoms. The van der Waals surface area contributed by atoms with Crippen LogP contribution in [0.3, 0.4) is 0 Å². The minimum atomic E-state index is 0.144. The topological polar surface area (TPSA) is 75.7 Å². The van der Waals surface area contributed by atoms with Crippen LogP contribution in [0.5, 0.6) is 0 Å². The van der Waals surface area contributed by atoms with E-state index in [1.54, 1.807) is 6.33 Å². The maximum absolute atomic E-state index is 6.31. The molecule has 7 heteroatoms. The number of nitrogens with zero attached hydrogens (tertiary/aromatic N) is 3. The Morgan fingerprint density at radius 3 is 3.00 bits per heavy atom. The van der Waals surface area contributed by atoms with E-state index in [1.807, 2.05) is 12.1 Å². The highest BCUT2D eigenvalue weighted by atomic mass is 35.5. The zero-order chi connectivity index (χ0) is 14.9. The highest BCUT2D eigenvalue weighted by Gasteiger charge is 2.18. The smallest absolute Gasteiger partial charge is 0.181 e. The predicted molar refractivity (Wildman–Crippen MR) is 83.7 cm³/mol. The lowest BCUT2D eigenvalue weighted by Gasteiger charge is -2.24. The summed E-state index contributed by atoms with van der Waals surface area (Å²) in [6, 6.07) is 6.09. The number of morpholine rings is 1. The van der Waals surface area contributed by atoms with E-state index in [-0.39, 0.29) is 6.04 Å². The van der Waals surface area contributed by atoms with Gasteiger partial charge < -0.3 is 15.0 Å². The van der Waals surface area contributed by atoms with Gasteiger partial charge in [0.15, 0.2) is 5.65 Å². The fourth-order valence-electron chi connectivity index (χ4n) is 2.71. The van der Waals surface area contributed by atoms with Crippen LogP contribution in [0.25, 0.3) is 22.4 Å². The number of nitrogens with one attached hydrogen (secondary N) is 2. The van der Waals surface area contributed by atoms with E-state index >= 15 is 0 Å². The summed E-state index contributed by atoms with van der Waals surface area (Å²) in [7, 11) is 0. The van der Waals surface area contributed by atoms with Crippen molar-refractivity contribution in [2.24, 2.45) is 0 Å². The van der Waals surface area contributed by atoms with Crippen molar-refractivity contribution >= 4 is 22.8 Å². The fourth-order valence-corrected chi connectivity index (χ4v) is 2.96. The van der Waals surface area contributed by atoms with Gasteiger partial charge in [0, 0.05) is 17.1 Å². The van der Waals surface area contributed by atoms with Gasteiger partial charge in [-0.2, -0.15) is 0 Å². The van der Waals surface area contributed by atoms with Crippen LogP contribution in [0.4, 0.5) is 0 Å². The third kappa shape index (κ3) is 2.45. The summed E-state index contributed by atoms with van der Waals surface area (Å²) in [4.78, 5) is 15.8. The molecule has 22 heavy (non-hydrogen) atoms. The summed E-state index contributed by atoms with van der Waals surface area (Å²) < 4.78 is 5.53. The Morgan fingerprint density at radius 2 is 2.14 bits per heavy atom. The lowest BCUT2D eigenvalue weighted by Crippen LogP contribution is -2.34. The van der Waals surface area contributed by atoms with Gasteiger partial charge in [-0.3, -0.25) is 0 Å². The lowest BCUT2D eigenvalue weighted by molar-refractivity contribution is 0.0769. The third-order valence-corrected chi connectivity index (χ3v) is 3.96. The van der Waals surface area contributed by atoms with Crippen LogP contribution >= 0.6 is 11.6 Å². The van der Waals surface area contributed by atoms with Crippen molar-refractivity contribution in [3.63, 3.8) is 0 Å². The Morgan fingerprint density at radius 1 is 1.18 bits per heavy atom. The molecule has 0 spiro atoms. The van der Waals surface area contributed by atoms with Gasteiger partial charge in [0.05, 0.1) is 31.3 Å².